The molecule has 20 heavy (non-hydrogen) atoms. The van der Waals surface area contributed by atoms with Gasteiger partial charge in [-0.15, -0.1) is 0 Å². The third kappa shape index (κ3) is 1470. The van der Waals surface area contributed by atoms with Gasteiger partial charge in [0.2, 0.25) is 0 Å². The first-order chi connectivity index (χ1) is 8.02. The third-order valence-corrected chi connectivity index (χ3v) is 0. The molecule has 2 radical (unpaired) electrons. The molecule has 0 saturated carbocycles. The van der Waals surface area contributed by atoms with Crippen molar-refractivity contribution >= 4 is 30.9 Å². The fraction of sp³-hybridized carbons (Fsp3) is 0.375. The van der Waals surface area contributed by atoms with Gasteiger partial charge in [0.15, 0.2) is 0 Å². The molecule has 0 spiro atoms. The Labute approximate surface area is 135 Å². The summed E-state index contributed by atoms with van der Waals surface area (Å²) in [6.07, 6.45) is 0. The quantitative estimate of drug-likeness (QED) is 0.286. The number of carbonyl (C=O) groups is 5. The molecule has 0 fully saturated rings. The average Bonchev–Trinajstić information content (AvgIpc) is 2.00. The van der Waals surface area contributed by atoms with Gasteiger partial charge in [-0.1, -0.05) is 0 Å². The molecular formula is C8H11CoFeO10. The Morgan fingerprint density at radius 1 is 0.700 bits per heavy atom. The first-order valence-electron chi connectivity index (χ1n) is 3.67. The molecule has 0 aromatic carbocycles. The van der Waals surface area contributed by atoms with Gasteiger partial charge in [0.05, 0.1) is 0 Å². The summed E-state index contributed by atoms with van der Waals surface area (Å²) < 4.78 is 0. The number of hydrogen-bond acceptors (Lipinski definition) is 10. The van der Waals surface area contributed by atoms with Crippen molar-refractivity contribution in [2.75, 3.05) is 0 Å². The van der Waals surface area contributed by atoms with E-state index in [0.29, 0.717) is 0 Å². The second-order valence-electron chi connectivity index (χ2n) is 1.67. The first-order valence-corrected chi connectivity index (χ1v) is 3.67. The molecule has 0 aromatic heterocycles. The minimum Gasteiger partial charge on any atom is -0.554 e. The van der Waals surface area contributed by atoms with Gasteiger partial charge >= 0.3 is 33.8 Å². The zero-order valence-electron chi connectivity index (χ0n) is 10.4. The maximum atomic E-state index is 8.89. The maximum Gasteiger partial charge on any atom is 3.00 e. The summed E-state index contributed by atoms with van der Waals surface area (Å²) in [7, 11) is 0. The van der Waals surface area contributed by atoms with Crippen molar-refractivity contribution in [3.05, 3.63) is 0 Å². The van der Waals surface area contributed by atoms with Crippen LogP contribution in [0.15, 0.2) is 0 Å². The molecule has 10 nitrogen and oxygen atoms in total. The van der Waals surface area contributed by atoms with E-state index in [1.807, 2.05) is 0 Å². The molecule has 0 saturated heterocycles. The second kappa shape index (κ2) is 53.0. The van der Waals surface area contributed by atoms with Gasteiger partial charge in [-0.2, -0.15) is 0 Å². The van der Waals surface area contributed by atoms with Crippen LogP contribution in [0, 0.1) is 0 Å². The Kier molecular flexibility index (Phi) is 114. The Hall–Kier alpha value is -1.62. The fourth-order valence-electron chi connectivity index (χ4n) is 0. The summed E-state index contributed by atoms with van der Waals surface area (Å²) in [5, 5.41) is 43.2. The summed E-state index contributed by atoms with van der Waals surface area (Å²) in [6.45, 7) is 1.92. The molecule has 0 N–H and O–H groups in total. The van der Waals surface area contributed by atoms with Crippen LogP contribution in [0.4, 0.5) is 0 Å². The zero-order valence-corrected chi connectivity index (χ0v) is 12.6. The van der Waals surface area contributed by atoms with E-state index in [4.69, 9.17) is 49.5 Å². The van der Waals surface area contributed by atoms with E-state index in [1.54, 1.807) is 0 Å². The van der Waals surface area contributed by atoms with E-state index in [1.165, 1.54) is 0 Å². The van der Waals surface area contributed by atoms with Gasteiger partial charge in [0.25, 0.3) is 0 Å². The smallest absolute Gasteiger partial charge is 0.554 e. The van der Waals surface area contributed by atoms with Crippen LogP contribution in [-0.2, 0) is 57.8 Å². The van der Waals surface area contributed by atoms with Crippen LogP contribution in [0.3, 0.4) is 0 Å². The molecule has 0 heterocycles. The third-order valence-electron chi connectivity index (χ3n) is 0. The van der Waals surface area contributed by atoms with E-state index < -0.39 is 30.9 Å². The largest absolute Gasteiger partial charge is 3.00 e. The normalized spacial score (nSPS) is 4.95. The van der Waals surface area contributed by atoms with Gasteiger partial charge < -0.3 is 49.5 Å². The van der Waals surface area contributed by atoms with Crippen molar-refractivity contribution in [2.45, 2.75) is 20.8 Å². The summed E-state index contributed by atoms with van der Waals surface area (Å²) in [4.78, 5) is 43.2. The van der Waals surface area contributed by atoms with Crippen molar-refractivity contribution in [2.24, 2.45) is 0 Å². The number of rotatable bonds is 0. The van der Waals surface area contributed by atoms with Crippen molar-refractivity contribution < 1.29 is 83.4 Å². The van der Waals surface area contributed by atoms with Gasteiger partial charge in [0, 0.05) is 30.9 Å². The zero-order chi connectivity index (χ0) is 16.1. The molecule has 0 amide bonds. The van der Waals surface area contributed by atoms with E-state index in [2.05, 4.69) is 0 Å². The van der Waals surface area contributed by atoms with Crippen molar-refractivity contribution in [1.29, 1.82) is 0 Å². The van der Waals surface area contributed by atoms with Gasteiger partial charge in [-0.3, -0.25) is 0 Å². The fourth-order valence-corrected chi connectivity index (χ4v) is 0. The monoisotopic (exact) mass is 382 g/mol. The molecule has 12 heteroatoms. The Morgan fingerprint density at radius 3 is 0.700 bits per heavy atom. The number of carboxylic acids is 3. The Bertz CT molecular complexity index is 187. The Morgan fingerprint density at radius 2 is 0.700 bits per heavy atom. The van der Waals surface area contributed by atoms with Crippen LogP contribution in [-0.4, -0.2) is 30.9 Å². The molecule has 0 aliphatic rings. The molecule has 0 rings (SSSR count). The van der Waals surface area contributed by atoms with Crippen LogP contribution in [0.25, 0.3) is 0 Å². The van der Waals surface area contributed by atoms with Crippen molar-refractivity contribution in [1.82, 2.24) is 0 Å². The first kappa shape index (κ1) is 42.9. The summed E-state index contributed by atoms with van der Waals surface area (Å²) >= 11 is 0. The van der Waals surface area contributed by atoms with E-state index in [9.17, 15) is 0 Å². The Balaban J connectivity index is -0.0000000207. The van der Waals surface area contributed by atoms with Crippen LogP contribution < -0.4 is 25.5 Å². The van der Waals surface area contributed by atoms with Crippen LogP contribution in [0.2, 0.25) is 0 Å². The summed E-state index contributed by atoms with van der Waals surface area (Å²) in [5.74, 6) is -3.25. The van der Waals surface area contributed by atoms with E-state index in [0.717, 1.165) is 20.8 Å². The predicted molar refractivity (Wildman–Crippen MR) is 44.2 cm³/mol. The van der Waals surface area contributed by atoms with Crippen LogP contribution in [0.5, 0.6) is 0 Å². The number of carboxylic acid groups (broad SMARTS) is 5. The van der Waals surface area contributed by atoms with Crippen LogP contribution in [0.1, 0.15) is 20.8 Å². The van der Waals surface area contributed by atoms with Crippen molar-refractivity contribution in [3.8, 4) is 0 Å². The number of carbonyl (C=O) groups excluding carboxylic acids is 5. The summed E-state index contributed by atoms with van der Waals surface area (Å²) in [6, 6.07) is 0. The SMILES string of the molecule is CC(=O)[O-].CC(=O)[O-].CC(=O)[O-].O=C[O-].O=C[O-].[Co+2].[Fe+3]. The van der Waals surface area contributed by atoms with E-state index in [-0.39, 0.29) is 33.8 Å². The standard InChI is InChI=1S/3C2H4O2.2CH2O2.Co.Fe/c3*1-2(3)4;2*2-1-3;;/h3*1H3,(H,3,4);2*1H,(H,2,3);;/q;;;;;+2;+3/p-5. The molecule has 0 atom stereocenters. The molecular weight excluding hydrogens is 371 g/mol. The molecule has 0 aliphatic heterocycles. The van der Waals surface area contributed by atoms with Gasteiger partial charge in [0.1, 0.15) is 0 Å². The van der Waals surface area contributed by atoms with E-state index >= 15 is 0 Å². The van der Waals surface area contributed by atoms with Gasteiger partial charge in [-0.25, -0.2) is 0 Å². The molecule has 0 unspecified atom stereocenters. The average molecular weight is 382 g/mol. The molecule has 0 bridgehead atoms. The number of aliphatic carboxylic acids is 3. The maximum absolute atomic E-state index is 8.89. The van der Waals surface area contributed by atoms with Crippen LogP contribution >= 0.6 is 0 Å². The van der Waals surface area contributed by atoms with Crippen molar-refractivity contribution in [3.63, 3.8) is 0 Å². The molecule has 0 aliphatic carbocycles. The topological polar surface area (TPSA) is 201 Å². The molecule has 0 aromatic rings. The minimum absolute atomic E-state index is 0. The number of hydrogen-bond donors (Lipinski definition) is 0. The molecule has 120 valence electrons. The summed E-state index contributed by atoms with van der Waals surface area (Å²) in [5.41, 5.74) is 0. The predicted octanol–water partition coefficient (Wildman–Crippen LogP) is -7.00. The van der Waals surface area contributed by atoms with Gasteiger partial charge in [-0.05, 0) is 20.8 Å². The second-order valence-corrected chi connectivity index (χ2v) is 1.67. The minimum atomic E-state index is -1.08.